The van der Waals surface area contributed by atoms with Crippen molar-refractivity contribution in [2.45, 2.75) is 134 Å². The Morgan fingerprint density at radius 2 is 1.62 bits per heavy atom. The molecule has 0 N–H and O–H groups in total. The highest BCUT2D eigenvalue weighted by molar-refractivity contribution is 5.00. The summed E-state index contributed by atoms with van der Waals surface area (Å²) >= 11 is 0. The molecule has 1 aliphatic carbocycles. The van der Waals surface area contributed by atoms with E-state index in [1.54, 1.807) is 5.57 Å². The van der Waals surface area contributed by atoms with E-state index in [0.717, 1.165) is 38.1 Å². The molecule has 1 unspecified atom stereocenters. The summed E-state index contributed by atoms with van der Waals surface area (Å²) < 4.78 is 5.42. The van der Waals surface area contributed by atoms with Crippen LogP contribution in [-0.2, 0) is 4.74 Å². The van der Waals surface area contributed by atoms with Gasteiger partial charge in [0.05, 0.1) is 12.7 Å². The number of allylic oxidation sites excluding steroid dienone is 2. The maximum absolute atomic E-state index is 5.42. The topological polar surface area (TPSA) is 19.0 Å². The van der Waals surface area contributed by atoms with E-state index in [9.17, 15) is 0 Å². The van der Waals surface area contributed by atoms with Crippen LogP contribution in [-0.4, -0.2) is 79.8 Å². The number of hydrogen-bond donors (Lipinski definition) is 0. The van der Waals surface area contributed by atoms with Gasteiger partial charge in [0.15, 0.2) is 0 Å². The Labute approximate surface area is 253 Å². The van der Waals surface area contributed by atoms with E-state index in [0.29, 0.717) is 11.5 Å². The summed E-state index contributed by atoms with van der Waals surface area (Å²) in [7, 11) is 0. The van der Waals surface area contributed by atoms with Crippen LogP contribution in [0, 0.1) is 17.3 Å². The van der Waals surface area contributed by atoms with Crippen LogP contribution in [0.4, 0.5) is 0 Å². The molecule has 0 spiro atoms. The third-order valence-electron chi connectivity index (χ3n) is 7.87. The lowest BCUT2D eigenvalue weighted by Crippen LogP contribution is -2.44. The average molecular weight is 564 g/mol. The summed E-state index contributed by atoms with van der Waals surface area (Å²) in [5, 5.41) is 0. The van der Waals surface area contributed by atoms with Crippen molar-refractivity contribution in [2.75, 3.05) is 59.0 Å². The molecule has 1 saturated carbocycles. The van der Waals surface area contributed by atoms with Crippen molar-refractivity contribution in [1.29, 1.82) is 0 Å². The molecule has 2 heterocycles. The van der Waals surface area contributed by atoms with Gasteiger partial charge in [0.2, 0.25) is 0 Å². The summed E-state index contributed by atoms with van der Waals surface area (Å²) in [5.74, 6) is 1.86. The lowest BCUT2D eigenvalue weighted by atomic mass is 9.83. The van der Waals surface area contributed by atoms with E-state index < -0.39 is 0 Å². The predicted molar refractivity (Wildman–Crippen MR) is 180 cm³/mol. The molecule has 238 valence electrons. The summed E-state index contributed by atoms with van der Waals surface area (Å²) in [5.41, 5.74) is 2.04. The van der Waals surface area contributed by atoms with Crippen LogP contribution < -0.4 is 0 Å². The number of nitrogens with zero attached hydrogens (tertiary/aromatic N) is 3. The molecule has 3 rings (SSSR count). The molecule has 4 heteroatoms. The number of ether oxygens (including phenoxy) is 1. The van der Waals surface area contributed by atoms with Crippen molar-refractivity contribution < 1.29 is 4.74 Å². The van der Waals surface area contributed by atoms with Crippen LogP contribution >= 0.6 is 0 Å². The summed E-state index contributed by atoms with van der Waals surface area (Å²) in [4.78, 5) is 7.66. The number of rotatable bonds is 10. The quantitative estimate of drug-likeness (QED) is 0.247. The zero-order valence-electron chi connectivity index (χ0n) is 29.2. The van der Waals surface area contributed by atoms with E-state index in [1.165, 1.54) is 84.1 Å². The minimum absolute atomic E-state index is 0.411. The normalized spacial score (nSPS) is 21.8. The summed E-state index contributed by atoms with van der Waals surface area (Å²) in [6.45, 7) is 34.7. The van der Waals surface area contributed by atoms with E-state index in [4.69, 9.17) is 4.74 Å². The molecule has 40 heavy (non-hydrogen) atoms. The Hall–Kier alpha value is -0.840. The number of piperazine rings is 1. The Bertz CT molecular complexity index is 626. The van der Waals surface area contributed by atoms with Crippen molar-refractivity contribution in [2.24, 2.45) is 17.3 Å². The van der Waals surface area contributed by atoms with Crippen LogP contribution in [0.3, 0.4) is 0 Å². The third kappa shape index (κ3) is 20.9. The van der Waals surface area contributed by atoms with Gasteiger partial charge >= 0.3 is 0 Å². The molecule has 3 fully saturated rings. The maximum Gasteiger partial charge on any atom is 0.0674 e. The first-order chi connectivity index (χ1) is 19.1. The van der Waals surface area contributed by atoms with Crippen LogP contribution in [0.1, 0.15) is 128 Å². The lowest BCUT2D eigenvalue weighted by Gasteiger charge is -2.36. The molecular formula is C36H73N3O. The molecule has 0 aromatic rings. The van der Waals surface area contributed by atoms with Gasteiger partial charge in [-0.15, -0.1) is 0 Å². The van der Waals surface area contributed by atoms with Crippen LogP contribution in [0.25, 0.3) is 0 Å². The first-order valence-electron chi connectivity index (χ1n) is 17.1. The van der Waals surface area contributed by atoms with Crippen molar-refractivity contribution in [3.8, 4) is 0 Å². The fourth-order valence-electron chi connectivity index (χ4n) is 5.27. The Morgan fingerprint density at radius 3 is 2.12 bits per heavy atom. The van der Waals surface area contributed by atoms with Crippen molar-refractivity contribution in [3.63, 3.8) is 0 Å². The summed E-state index contributed by atoms with van der Waals surface area (Å²) in [6, 6.07) is 0. The van der Waals surface area contributed by atoms with Crippen molar-refractivity contribution in [3.05, 3.63) is 23.9 Å². The zero-order chi connectivity index (χ0) is 30.4. The molecule has 0 radical (unpaired) electrons. The second-order valence-corrected chi connectivity index (χ2v) is 13.6. The largest absolute Gasteiger partial charge is 0.376 e. The van der Waals surface area contributed by atoms with Gasteiger partial charge in [-0.25, -0.2) is 0 Å². The Kier molecular flexibility index (Phi) is 23.2. The average Bonchev–Trinajstić information content (AvgIpc) is 2.88. The van der Waals surface area contributed by atoms with Gasteiger partial charge in [0.1, 0.15) is 0 Å². The van der Waals surface area contributed by atoms with E-state index >= 15 is 0 Å². The van der Waals surface area contributed by atoms with Gasteiger partial charge in [-0.2, -0.15) is 0 Å². The predicted octanol–water partition coefficient (Wildman–Crippen LogP) is 9.28. The smallest absolute Gasteiger partial charge is 0.0674 e. The third-order valence-corrected chi connectivity index (χ3v) is 7.87. The number of hydrogen-bond acceptors (Lipinski definition) is 4. The van der Waals surface area contributed by atoms with Crippen molar-refractivity contribution in [1.82, 2.24) is 14.7 Å². The first kappa shape index (κ1) is 39.2. The van der Waals surface area contributed by atoms with Gasteiger partial charge < -0.3 is 9.64 Å². The van der Waals surface area contributed by atoms with Crippen molar-refractivity contribution >= 4 is 0 Å². The molecule has 0 aromatic heterocycles. The van der Waals surface area contributed by atoms with E-state index in [-0.39, 0.29) is 0 Å². The SMILES string of the molecule is C/C(=C/N1CCN(CCC2CCC2)CC1)CC(C)CCC(C)(C)C.C/C=C\CN1CCO[C@@H](C)C1.CC.CCC. The second kappa shape index (κ2) is 23.7. The highest BCUT2D eigenvalue weighted by atomic mass is 16.5. The second-order valence-electron chi connectivity index (χ2n) is 13.6. The van der Waals surface area contributed by atoms with Gasteiger partial charge in [-0.1, -0.05) is 98.8 Å². The van der Waals surface area contributed by atoms with Gasteiger partial charge in [-0.05, 0) is 76.5 Å². The Morgan fingerprint density at radius 1 is 1.00 bits per heavy atom. The fraction of sp³-hybridized carbons (Fsp3) is 0.889. The highest BCUT2D eigenvalue weighted by Gasteiger charge is 2.20. The monoisotopic (exact) mass is 564 g/mol. The fourth-order valence-corrected chi connectivity index (χ4v) is 5.27. The minimum atomic E-state index is 0.411. The molecule has 2 atom stereocenters. The van der Waals surface area contributed by atoms with E-state index in [1.807, 2.05) is 13.8 Å². The minimum Gasteiger partial charge on any atom is -0.376 e. The van der Waals surface area contributed by atoms with Crippen LogP contribution in [0.2, 0.25) is 0 Å². The molecule has 4 nitrogen and oxygen atoms in total. The van der Waals surface area contributed by atoms with Crippen LogP contribution in [0.5, 0.6) is 0 Å². The lowest BCUT2D eigenvalue weighted by molar-refractivity contribution is -0.0140. The molecule has 0 aromatic carbocycles. The number of morpholine rings is 1. The van der Waals surface area contributed by atoms with Gasteiger partial charge in [0.25, 0.3) is 0 Å². The van der Waals surface area contributed by atoms with Gasteiger partial charge in [-0.3, -0.25) is 9.80 Å². The Balaban J connectivity index is 0.000000789. The molecular weight excluding hydrogens is 490 g/mol. The molecule has 2 aliphatic heterocycles. The summed E-state index contributed by atoms with van der Waals surface area (Å²) in [6.07, 6.45) is 18.3. The van der Waals surface area contributed by atoms with Gasteiger partial charge in [0, 0.05) is 45.8 Å². The molecule has 0 amide bonds. The maximum atomic E-state index is 5.42. The standard InChI is InChI=1S/C22H42N2.C9H17NO.C3H8.C2H6/c1-19(9-11-22(3,4)5)17-20(2)18-24-15-13-23(14-16-24)12-10-21-7-6-8-21;1-3-4-5-10-6-7-11-9(2)8-10;1-3-2;1-2/h18-19,21H,6-17H2,1-5H3;3-4,9H,5-8H2,1-2H3;3H2,1-2H3;1-2H3/b20-18-;4-3-;;/t;9-;;/m.0../s1. The zero-order valence-corrected chi connectivity index (χ0v) is 29.2. The molecule has 3 aliphatic rings. The van der Waals surface area contributed by atoms with E-state index in [2.05, 4.69) is 95.4 Å². The highest BCUT2D eigenvalue weighted by Crippen LogP contribution is 2.29. The first-order valence-corrected chi connectivity index (χ1v) is 17.1. The van der Waals surface area contributed by atoms with Crippen LogP contribution in [0.15, 0.2) is 23.9 Å². The molecule has 2 saturated heterocycles. The molecule has 0 bridgehead atoms.